The number of carbonyl (C=O) groups is 1. The van der Waals surface area contributed by atoms with Gasteiger partial charge in [0.1, 0.15) is 12.2 Å². The molecule has 0 aliphatic carbocycles. The van der Waals surface area contributed by atoms with Crippen LogP contribution in [0.25, 0.3) is 22.3 Å². The van der Waals surface area contributed by atoms with Gasteiger partial charge in [0.05, 0.1) is 35.4 Å². The normalized spacial score (nSPS) is 21.7. The Morgan fingerprint density at radius 3 is 2.77 bits per heavy atom. The van der Waals surface area contributed by atoms with Crippen molar-refractivity contribution in [2.24, 2.45) is 0 Å². The standard InChI is InChI=1S/C34H35ClN4O4/c1-3-34(42)15-31(40)43-19-26-27(34)13-30-32-25(18-39(30)33(26)41)24(23-11-20(2)28(35)14-29(23)37-32)17-38-10-9-36-16-22(38)12-21-7-5-4-6-8-21/h4-8,11,13-14,22,36,42H,3,9-10,12,15-19H2,1-2H3. The van der Waals surface area contributed by atoms with E-state index in [1.54, 1.807) is 4.57 Å². The number of hydrogen-bond donors (Lipinski definition) is 2. The van der Waals surface area contributed by atoms with Crippen molar-refractivity contribution in [2.45, 2.75) is 64.4 Å². The lowest BCUT2D eigenvalue weighted by Crippen LogP contribution is -2.51. The summed E-state index contributed by atoms with van der Waals surface area (Å²) < 4.78 is 7.09. The fraction of sp³-hybridized carbons (Fsp3) is 0.382. The number of fused-ring (bicyclic) bond motifs is 5. The Bertz CT molecular complexity index is 1820. The van der Waals surface area contributed by atoms with Crippen LogP contribution >= 0.6 is 11.6 Å². The van der Waals surface area contributed by atoms with Crippen LogP contribution in [0.2, 0.25) is 5.02 Å². The van der Waals surface area contributed by atoms with Crippen molar-refractivity contribution in [3.8, 4) is 11.4 Å². The molecule has 0 radical (unpaired) electrons. The first-order valence-electron chi connectivity index (χ1n) is 15.0. The van der Waals surface area contributed by atoms with Crippen LogP contribution in [0, 0.1) is 6.92 Å². The number of ether oxygens (including phenoxy) is 1. The van der Waals surface area contributed by atoms with Crippen LogP contribution < -0.4 is 10.9 Å². The van der Waals surface area contributed by atoms with E-state index in [9.17, 15) is 14.7 Å². The Balaban J connectivity index is 1.38. The number of nitrogens with zero attached hydrogens (tertiary/aromatic N) is 3. The van der Waals surface area contributed by atoms with Gasteiger partial charge >= 0.3 is 5.97 Å². The highest BCUT2D eigenvalue weighted by Gasteiger charge is 2.40. The maximum Gasteiger partial charge on any atom is 0.309 e. The summed E-state index contributed by atoms with van der Waals surface area (Å²) in [4.78, 5) is 34.0. The van der Waals surface area contributed by atoms with Crippen molar-refractivity contribution in [2.75, 3.05) is 19.6 Å². The van der Waals surface area contributed by atoms with Crippen molar-refractivity contribution in [1.82, 2.24) is 19.8 Å². The van der Waals surface area contributed by atoms with Crippen LogP contribution in [-0.4, -0.2) is 51.2 Å². The number of benzene rings is 2. The lowest BCUT2D eigenvalue weighted by molar-refractivity contribution is -0.149. The highest BCUT2D eigenvalue weighted by atomic mass is 35.5. The van der Waals surface area contributed by atoms with E-state index in [1.807, 2.05) is 32.0 Å². The van der Waals surface area contributed by atoms with Gasteiger partial charge in [-0.3, -0.25) is 14.5 Å². The molecule has 0 spiro atoms. The van der Waals surface area contributed by atoms with Gasteiger partial charge in [0.15, 0.2) is 0 Å². The molecule has 3 aliphatic rings. The molecule has 3 aliphatic heterocycles. The minimum absolute atomic E-state index is 0.148. The fourth-order valence-corrected chi connectivity index (χ4v) is 7.13. The number of aromatic nitrogens is 2. The first-order valence-corrected chi connectivity index (χ1v) is 15.4. The van der Waals surface area contributed by atoms with E-state index < -0.39 is 11.6 Å². The number of rotatable bonds is 5. The summed E-state index contributed by atoms with van der Waals surface area (Å²) in [6, 6.07) is 16.8. The van der Waals surface area contributed by atoms with Crippen LogP contribution in [0.4, 0.5) is 0 Å². The number of halogens is 1. The third-order valence-corrected chi connectivity index (χ3v) is 9.90. The molecule has 2 aromatic carbocycles. The van der Waals surface area contributed by atoms with Gasteiger partial charge in [0.2, 0.25) is 0 Å². The highest BCUT2D eigenvalue weighted by Crippen LogP contribution is 2.41. The van der Waals surface area contributed by atoms with Crippen molar-refractivity contribution in [3.63, 3.8) is 0 Å². The molecule has 1 fully saturated rings. The SMILES string of the molecule is CCC1(O)CC(=O)OCc2c1cc1n(c2=O)Cc2c-1nc1cc(Cl)c(C)cc1c2CN1CCNCC1Cc1ccccc1. The second-order valence-corrected chi connectivity index (χ2v) is 12.5. The second kappa shape index (κ2) is 10.9. The molecule has 8 nitrogen and oxygen atoms in total. The Morgan fingerprint density at radius 2 is 1.98 bits per heavy atom. The van der Waals surface area contributed by atoms with Crippen LogP contribution in [0.3, 0.4) is 0 Å². The molecule has 5 heterocycles. The van der Waals surface area contributed by atoms with E-state index in [0.717, 1.165) is 59.3 Å². The number of nitrogens with one attached hydrogen (secondary N) is 1. The van der Waals surface area contributed by atoms with Gasteiger partial charge in [0, 0.05) is 48.2 Å². The van der Waals surface area contributed by atoms with E-state index >= 15 is 0 Å². The zero-order valence-corrected chi connectivity index (χ0v) is 25.2. The minimum Gasteiger partial charge on any atom is -0.460 e. The van der Waals surface area contributed by atoms with Gasteiger partial charge in [-0.1, -0.05) is 48.9 Å². The summed E-state index contributed by atoms with van der Waals surface area (Å²) in [5.41, 5.74) is 5.67. The molecule has 0 saturated carbocycles. The van der Waals surface area contributed by atoms with Crippen LogP contribution in [0.5, 0.6) is 0 Å². The fourth-order valence-electron chi connectivity index (χ4n) is 6.97. The topological polar surface area (TPSA) is 96.7 Å². The second-order valence-electron chi connectivity index (χ2n) is 12.1. The molecule has 2 aromatic heterocycles. The maximum absolute atomic E-state index is 14.0. The Hall–Kier alpha value is -3.56. The predicted molar refractivity (Wildman–Crippen MR) is 166 cm³/mol. The summed E-state index contributed by atoms with van der Waals surface area (Å²) >= 11 is 6.61. The summed E-state index contributed by atoms with van der Waals surface area (Å²) in [5, 5.41) is 16.8. The number of piperazine rings is 1. The van der Waals surface area contributed by atoms with E-state index in [-0.39, 0.29) is 25.0 Å². The van der Waals surface area contributed by atoms with Crippen LogP contribution in [0.1, 0.15) is 53.1 Å². The van der Waals surface area contributed by atoms with Gasteiger partial charge < -0.3 is 19.7 Å². The minimum atomic E-state index is -1.48. The third-order valence-electron chi connectivity index (χ3n) is 9.49. The molecule has 2 unspecified atom stereocenters. The van der Waals surface area contributed by atoms with Gasteiger partial charge in [-0.25, -0.2) is 4.98 Å². The molecule has 2 atom stereocenters. The number of aliphatic hydroxyl groups is 1. The largest absolute Gasteiger partial charge is 0.460 e. The molecule has 4 aromatic rings. The molecule has 1 saturated heterocycles. The molecular weight excluding hydrogens is 564 g/mol. The molecule has 43 heavy (non-hydrogen) atoms. The van der Waals surface area contributed by atoms with Crippen LogP contribution in [0.15, 0.2) is 53.3 Å². The summed E-state index contributed by atoms with van der Waals surface area (Å²) in [6.07, 6.45) is 1.02. The smallest absolute Gasteiger partial charge is 0.309 e. The lowest BCUT2D eigenvalue weighted by Gasteiger charge is -2.37. The summed E-state index contributed by atoms with van der Waals surface area (Å²) in [5.74, 6) is -0.511. The van der Waals surface area contributed by atoms with Gasteiger partial charge in [-0.15, -0.1) is 0 Å². The Morgan fingerprint density at radius 1 is 1.16 bits per heavy atom. The number of pyridine rings is 2. The highest BCUT2D eigenvalue weighted by molar-refractivity contribution is 6.32. The third kappa shape index (κ3) is 4.86. The number of hydrogen-bond acceptors (Lipinski definition) is 7. The van der Waals surface area contributed by atoms with Crippen LogP contribution in [-0.2, 0) is 41.2 Å². The summed E-state index contributed by atoms with van der Waals surface area (Å²) in [7, 11) is 0. The van der Waals surface area contributed by atoms with Crippen molar-refractivity contribution in [3.05, 3.63) is 97.3 Å². The molecule has 0 bridgehead atoms. The average Bonchev–Trinajstić information content (AvgIpc) is 3.31. The van der Waals surface area contributed by atoms with Gasteiger partial charge in [0.25, 0.3) is 5.56 Å². The molecule has 9 heteroatoms. The first kappa shape index (κ1) is 28.2. The molecule has 7 rings (SSSR count). The average molecular weight is 599 g/mol. The Kier molecular flexibility index (Phi) is 7.13. The summed E-state index contributed by atoms with van der Waals surface area (Å²) in [6.45, 7) is 7.45. The lowest BCUT2D eigenvalue weighted by atomic mass is 9.85. The van der Waals surface area contributed by atoms with E-state index in [0.29, 0.717) is 41.0 Å². The van der Waals surface area contributed by atoms with Gasteiger partial charge in [-0.2, -0.15) is 0 Å². The first-order chi connectivity index (χ1) is 20.8. The molecule has 222 valence electrons. The van der Waals surface area contributed by atoms with Crippen molar-refractivity contribution in [1.29, 1.82) is 0 Å². The van der Waals surface area contributed by atoms with Crippen molar-refractivity contribution >= 4 is 28.5 Å². The zero-order chi connectivity index (χ0) is 29.9. The monoisotopic (exact) mass is 598 g/mol. The predicted octanol–water partition coefficient (Wildman–Crippen LogP) is 4.45. The number of carbonyl (C=O) groups excluding carboxylic acids is 1. The number of aryl methyl sites for hydroxylation is 1. The van der Waals surface area contributed by atoms with Gasteiger partial charge in [-0.05, 0) is 60.2 Å². The van der Waals surface area contributed by atoms with E-state index in [1.165, 1.54) is 5.56 Å². The van der Waals surface area contributed by atoms with E-state index in [2.05, 4.69) is 40.5 Å². The Labute approximate surface area is 255 Å². The molecule has 2 N–H and O–H groups in total. The number of esters is 1. The molecular formula is C34H35ClN4O4. The van der Waals surface area contributed by atoms with E-state index in [4.69, 9.17) is 21.3 Å². The quantitative estimate of drug-likeness (QED) is 0.289. The van der Waals surface area contributed by atoms with Crippen molar-refractivity contribution < 1.29 is 14.6 Å². The zero-order valence-electron chi connectivity index (χ0n) is 24.5. The number of cyclic esters (lactones) is 1. The molecule has 0 amide bonds. The maximum atomic E-state index is 14.0.